The van der Waals surface area contributed by atoms with E-state index < -0.39 is 11.9 Å². The summed E-state index contributed by atoms with van der Waals surface area (Å²) in [5, 5.41) is 11.3. The van der Waals surface area contributed by atoms with Gasteiger partial charge in [0.2, 0.25) is 5.91 Å². The number of fused-ring (bicyclic) bond motifs is 1. The molecule has 1 heterocycles. The predicted molar refractivity (Wildman–Crippen MR) is 54.5 cm³/mol. The first kappa shape index (κ1) is 9.51. The molecule has 0 aliphatic carbocycles. The average molecular weight is 206 g/mol. The molecule has 0 bridgehead atoms. The van der Waals surface area contributed by atoms with Crippen LogP contribution in [-0.4, -0.2) is 17.0 Å². The highest BCUT2D eigenvalue weighted by Gasteiger charge is 2.33. The van der Waals surface area contributed by atoms with Crippen molar-refractivity contribution in [1.82, 2.24) is 0 Å². The van der Waals surface area contributed by atoms with Crippen molar-refractivity contribution in [3.05, 3.63) is 23.8 Å². The van der Waals surface area contributed by atoms with E-state index in [1.54, 1.807) is 18.2 Å². The van der Waals surface area contributed by atoms with Crippen molar-refractivity contribution in [3.63, 3.8) is 0 Å². The van der Waals surface area contributed by atoms with Crippen LogP contribution in [0.2, 0.25) is 0 Å². The third-order valence-corrected chi connectivity index (χ3v) is 2.44. The topological polar surface area (TPSA) is 92.4 Å². The van der Waals surface area contributed by atoms with Crippen LogP contribution in [0, 0.1) is 0 Å². The summed E-state index contributed by atoms with van der Waals surface area (Å²) in [6, 6.07) is 5.09. The number of carbonyl (C=O) groups is 2. The molecule has 78 valence electrons. The summed E-state index contributed by atoms with van der Waals surface area (Å²) in [4.78, 5) is 22.1. The van der Waals surface area contributed by atoms with Gasteiger partial charge in [0.15, 0.2) is 0 Å². The van der Waals surface area contributed by atoms with E-state index >= 15 is 0 Å². The molecule has 1 aromatic rings. The lowest BCUT2D eigenvalue weighted by Crippen LogP contribution is -2.16. The second kappa shape index (κ2) is 3.27. The van der Waals surface area contributed by atoms with Crippen LogP contribution in [0.15, 0.2) is 18.2 Å². The molecule has 0 radical (unpaired) electrons. The number of nitrogens with one attached hydrogen (secondary N) is 1. The van der Waals surface area contributed by atoms with Crippen molar-refractivity contribution in [1.29, 1.82) is 0 Å². The van der Waals surface area contributed by atoms with E-state index in [-0.39, 0.29) is 12.3 Å². The maximum absolute atomic E-state index is 11.5. The Labute approximate surface area is 85.9 Å². The van der Waals surface area contributed by atoms with Gasteiger partial charge in [0, 0.05) is 16.9 Å². The Balaban J connectivity index is 2.44. The lowest BCUT2D eigenvalue weighted by Gasteiger charge is -2.07. The van der Waals surface area contributed by atoms with Gasteiger partial charge in [0.05, 0.1) is 12.3 Å². The first-order valence-corrected chi connectivity index (χ1v) is 4.50. The van der Waals surface area contributed by atoms with Gasteiger partial charge in [-0.15, -0.1) is 0 Å². The number of hydrogen-bond acceptors (Lipinski definition) is 3. The van der Waals surface area contributed by atoms with Crippen molar-refractivity contribution < 1.29 is 14.7 Å². The number of benzene rings is 1. The van der Waals surface area contributed by atoms with Crippen LogP contribution in [0.3, 0.4) is 0 Å². The molecule has 1 aromatic carbocycles. The van der Waals surface area contributed by atoms with Crippen LogP contribution in [0.5, 0.6) is 0 Å². The molecule has 4 N–H and O–H groups in total. The molecule has 1 atom stereocenters. The van der Waals surface area contributed by atoms with Crippen LogP contribution in [0.1, 0.15) is 17.9 Å². The fourth-order valence-corrected chi connectivity index (χ4v) is 1.80. The van der Waals surface area contributed by atoms with Gasteiger partial charge in [0.1, 0.15) is 0 Å². The molecular formula is C10H10N2O3. The second-order valence-electron chi connectivity index (χ2n) is 3.45. The van der Waals surface area contributed by atoms with Crippen LogP contribution in [0.25, 0.3) is 0 Å². The number of carboxylic acids is 1. The number of rotatable bonds is 2. The minimum atomic E-state index is -1.01. The SMILES string of the molecule is Nc1cccc2c1C(CC(=O)O)C(=O)N2. The first-order valence-electron chi connectivity index (χ1n) is 4.50. The normalized spacial score (nSPS) is 18.4. The Kier molecular flexibility index (Phi) is 2.07. The molecule has 5 nitrogen and oxygen atoms in total. The van der Waals surface area contributed by atoms with Crippen molar-refractivity contribution in [2.24, 2.45) is 0 Å². The summed E-state index contributed by atoms with van der Waals surface area (Å²) < 4.78 is 0. The predicted octanol–water partition coefficient (Wildman–Crippen LogP) is 0.779. The molecule has 1 aliphatic heterocycles. The van der Waals surface area contributed by atoms with Crippen molar-refractivity contribution >= 4 is 23.3 Å². The van der Waals surface area contributed by atoms with Crippen molar-refractivity contribution in [2.45, 2.75) is 12.3 Å². The third-order valence-electron chi connectivity index (χ3n) is 2.44. The second-order valence-corrected chi connectivity index (χ2v) is 3.45. The molecule has 2 rings (SSSR count). The molecule has 0 saturated carbocycles. The minimum absolute atomic E-state index is 0.229. The van der Waals surface area contributed by atoms with Gasteiger partial charge in [-0.1, -0.05) is 6.07 Å². The zero-order valence-electron chi connectivity index (χ0n) is 7.86. The number of hydrogen-bond donors (Lipinski definition) is 3. The van der Waals surface area contributed by atoms with E-state index in [4.69, 9.17) is 10.8 Å². The summed E-state index contributed by atoms with van der Waals surface area (Å²) in [5.74, 6) is -1.98. The molecule has 15 heavy (non-hydrogen) atoms. The number of nitrogens with two attached hydrogens (primary N) is 1. The van der Waals surface area contributed by atoms with Crippen molar-refractivity contribution in [2.75, 3.05) is 11.1 Å². The van der Waals surface area contributed by atoms with Crippen LogP contribution < -0.4 is 11.1 Å². The number of aliphatic carboxylic acids is 1. The largest absolute Gasteiger partial charge is 0.481 e. The monoisotopic (exact) mass is 206 g/mol. The molecule has 0 saturated heterocycles. The number of carbonyl (C=O) groups excluding carboxylic acids is 1. The van der Waals surface area contributed by atoms with E-state index in [1.165, 1.54) is 0 Å². The van der Waals surface area contributed by atoms with Gasteiger partial charge in [-0.3, -0.25) is 9.59 Å². The molecule has 0 spiro atoms. The average Bonchev–Trinajstić information content (AvgIpc) is 2.43. The molecule has 0 fully saturated rings. The van der Waals surface area contributed by atoms with Gasteiger partial charge in [-0.25, -0.2) is 0 Å². The highest BCUT2D eigenvalue weighted by molar-refractivity contribution is 6.06. The number of nitrogen functional groups attached to an aromatic ring is 1. The summed E-state index contributed by atoms with van der Waals surface area (Å²) in [6.45, 7) is 0. The fourth-order valence-electron chi connectivity index (χ4n) is 1.80. The highest BCUT2D eigenvalue weighted by Crippen LogP contribution is 2.38. The summed E-state index contributed by atoms with van der Waals surface area (Å²) in [7, 11) is 0. The molecule has 1 amide bonds. The Hall–Kier alpha value is -2.04. The van der Waals surface area contributed by atoms with E-state index in [0.29, 0.717) is 16.9 Å². The smallest absolute Gasteiger partial charge is 0.304 e. The maximum Gasteiger partial charge on any atom is 0.304 e. The molecular weight excluding hydrogens is 196 g/mol. The zero-order chi connectivity index (χ0) is 11.0. The molecule has 0 aromatic heterocycles. The Morgan fingerprint density at radius 3 is 2.93 bits per heavy atom. The van der Waals surface area contributed by atoms with Gasteiger partial charge in [-0.05, 0) is 12.1 Å². The van der Waals surface area contributed by atoms with E-state index in [2.05, 4.69) is 5.32 Å². The Morgan fingerprint density at radius 2 is 2.27 bits per heavy atom. The fraction of sp³-hybridized carbons (Fsp3) is 0.200. The van der Waals surface area contributed by atoms with Gasteiger partial charge < -0.3 is 16.2 Å². The van der Waals surface area contributed by atoms with E-state index in [9.17, 15) is 9.59 Å². The maximum atomic E-state index is 11.5. The van der Waals surface area contributed by atoms with E-state index in [1.807, 2.05) is 0 Å². The van der Waals surface area contributed by atoms with Gasteiger partial charge >= 0.3 is 5.97 Å². The number of carboxylic acid groups (broad SMARTS) is 1. The van der Waals surface area contributed by atoms with Gasteiger partial charge in [0.25, 0.3) is 0 Å². The standard InChI is InChI=1S/C10H10N2O3/c11-6-2-1-3-7-9(6)5(4-8(13)14)10(15)12-7/h1-3,5H,4,11H2,(H,12,15)(H,13,14). The van der Waals surface area contributed by atoms with E-state index in [0.717, 1.165) is 0 Å². The summed E-state index contributed by atoms with van der Waals surface area (Å²) in [5.41, 5.74) is 7.39. The summed E-state index contributed by atoms with van der Waals surface area (Å²) in [6.07, 6.45) is -0.229. The molecule has 5 heteroatoms. The molecule has 1 unspecified atom stereocenters. The Morgan fingerprint density at radius 1 is 1.53 bits per heavy atom. The lowest BCUT2D eigenvalue weighted by atomic mass is 9.96. The van der Waals surface area contributed by atoms with Crippen molar-refractivity contribution in [3.8, 4) is 0 Å². The van der Waals surface area contributed by atoms with Crippen LogP contribution >= 0.6 is 0 Å². The number of amides is 1. The quantitative estimate of drug-likeness (QED) is 0.623. The summed E-state index contributed by atoms with van der Waals surface area (Å²) >= 11 is 0. The van der Waals surface area contributed by atoms with Crippen LogP contribution in [-0.2, 0) is 9.59 Å². The number of anilines is 2. The van der Waals surface area contributed by atoms with Gasteiger partial charge in [-0.2, -0.15) is 0 Å². The highest BCUT2D eigenvalue weighted by atomic mass is 16.4. The minimum Gasteiger partial charge on any atom is -0.481 e. The Bertz CT molecular complexity index is 442. The molecule has 1 aliphatic rings. The zero-order valence-corrected chi connectivity index (χ0v) is 7.86. The van der Waals surface area contributed by atoms with Crippen LogP contribution in [0.4, 0.5) is 11.4 Å². The third kappa shape index (κ3) is 1.52. The first-order chi connectivity index (χ1) is 7.09. The lowest BCUT2D eigenvalue weighted by molar-refractivity contribution is -0.138.